The highest BCUT2D eigenvalue weighted by molar-refractivity contribution is 5.77. The van der Waals surface area contributed by atoms with Gasteiger partial charge in [0.15, 0.2) is 5.65 Å². The number of aliphatic hydroxyl groups is 1. The number of hydrogen-bond acceptors (Lipinski definition) is 5. The molecule has 154 valence electrons. The van der Waals surface area contributed by atoms with Crippen LogP contribution in [0.3, 0.4) is 0 Å². The van der Waals surface area contributed by atoms with E-state index in [1.165, 1.54) is 16.8 Å². The van der Waals surface area contributed by atoms with Crippen molar-refractivity contribution in [2.24, 2.45) is 0 Å². The second kappa shape index (κ2) is 7.27. The molecule has 2 N–H and O–H groups in total. The Morgan fingerprint density at radius 2 is 2.07 bits per heavy atom. The molecule has 2 atom stereocenters. The van der Waals surface area contributed by atoms with Crippen molar-refractivity contribution in [3.63, 3.8) is 0 Å². The predicted molar refractivity (Wildman–Crippen MR) is 97.3 cm³/mol. The third kappa shape index (κ3) is 3.53. The second-order valence-corrected chi connectivity index (χ2v) is 7.00. The summed E-state index contributed by atoms with van der Waals surface area (Å²) < 4.78 is 45.5. The number of aromatic nitrogens is 4. The van der Waals surface area contributed by atoms with E-state index in [4.69, 9.17) is 4.74 Å². The van der Waals surface area contributed by atoms with Crippen LogP contribution >= 0.6 is 0 Å². The van der Waals surface area contributed by atoms with Gasteiger partial charge in [-0.3, -0.25) is 4.79 Å². The van der Waals surface area contributed by atoms with Gasteiger partial charge in [-0.15, -0.1) is 0 Å². The van der Waals surface area contributed by atoms with Crippen LogP contribution in [0.25, 0.3) is 11.0 Å². The first-order valence-corrected chi connectivity index (χ1v) is 9.20. The SMILES string of the molecule is CC(c1ccc(C(F)(F)F)cc1)n1nc(CO)c2c(=O)[nH]c(C3CCCO3)nc21. The minimum Gasteiger partial charge on any atom is -0.390 e. The van der Waals surface area contributed by atoms with Crippen molar-refractivity contribution in [1.82, 2.24) is 19.7 Å². The average Bonchev–Trinajstić information content (AvgIpc) is 3.35. The first-order chi connectivity index (χ1) is 13.8. The molecule has 0 saturated carbocycles. The van der Waals surface area contributed by atoms with Gasteiger partial charge in [0.05, 0.1) is 18.2 Å². The molecule has 4 rings (SSSR count). The van der Waals surface area contributed by atoms with Gasteiger partial charge in [-0.25, -0.2) is 9.67 Å². The lowest BCUT2D eigenvalue weighted by molar-refractivity contribution is -0.137. The van der Waals surface area contributed by atoms with Crippen molar-refractivity contribution in [1.29, 1.82) is 0 Å². The van der Waals surface area contributed by atoms with Gasteiger partial charge in [-0.05, 0) is 37.5 Å². The Bertz CT molecular complexity index is 1080. The molecule has 2 aromatic heterocycles. The summed E-state index contributed by atoms with van der Waals surface area (Å²) in [6.45, 7) is 1.85. The van der Waals surface area contributed by atoms with Gasteiger partial charge >= 0.3 is 6.18 Å². The number of rotatable bonds is 4. The molecular weight excluding hydrogens is 389 g/mol. The number of aromatic amines is 1. The van der Waals surface area contributed by atoms with Crippen LogP contribution in [0.5, 0.6) is 0 Å². The summed E-state index contributed by atoms with van der Waals surface area (Å²) in [5, 5.41) is 14.1. The van der Waals surface area contributed by atoms with Crippen LogP contribution in [0.15, 0.2) is 29.1 Å². The van der Waals surface area contributed by atoms with Crippen LogP contribution in [0.1, 0.15) is 54.6 Å². The number of fused-ring (bicyclic) bond motifs is 1. The fraction of sp³-hybridized carbons (Fsp3) is 0.421. The third-order valence-corrected chi connectivity index (χ3v) is 5.12. The maximum absolute atomic E-state index is 12.8. The van der Waals surface area contributed by atoms with Crippen LogP contribution in [0.2, 0.25) is 0 Å². The van der Waals surface area contributed by atoms with Crippen LogP contribution < -0.4 is 5.56 Å². The molecule has 3 heterocycles. The molecule has 1 fully saturated rings. The third-order valence-electron chi connectivity index (χ3n) is 5.12. The number of alkyl halides is 3. The highest BCUT2D eigenvalue weighted by Crippen LogP contribution is 2.31. The molecule has 0 spiro atoms. The van der Waals surface area contributed by atoms with Crippen LogP contribution in [0, 0.1) is 0 Å². The Morgan fingerprint density at radius 1 is 1.34 bits per heavy atom. The van der Waals surface area contributed by atoms with E-state index in [9.17, 15) is 23.1 Å². The van der Waals surface area contributed by atoms with Gasteiger partial charge < -0.3 is 14.8 Å². The van der Waals surface area contributed by atoms with Crippen molar-refractivity contribution in [3.05, 3.63) is 57.3 Å². The first kappa shape index (κ1) is 19.6. The fourth-order valence-electron chi connectivity index (χ4n) is 3.55. The van der Waals surface area contributed by atoms with Crippen LogP contribution in [-0.4, -0.2) is 31.5 Å². The van der Waals surface area contributed by atoms with Gasteiger partial charge in [-0.1, -0.05) is 12.1 Å². The number of nitrogens with zero attached hydrogens (tertiary/aromatic N) is 3. The molecular formula is C19H19F3N4O3. The minimum atomic E-state index is -4.42. The van der Waals surface area contributed by atoms with Crippen molar-refractivity contribution in [2.75, 3.05) is 6.61 Å². The van der Waals surface area contributed by atoms with E-state index >= 15 is 0 Å². The van der Waals surface area contributed by atoms with Crippen molar-refractivity contribution in [2.45, 2.75) is 44.7 Å². The molecule has 0 aliphatic carbocycles. The van der Waals surface area contributed by atoms with Gasteiger partial charge in [-0.2, -0.15) is 18.3 Å². The highest BCUT2D eigenvalue weighted by atomic mass is 19.4. The number of ether oxygens (including phenoxy) is 1. The molecule has 1 aromatic carbocycles. The molecule has 0 radical (unpaired) electrons. The van der Waals surface area contributed by atoms with E-state index in [1.807, 2.05) is 0 Å². The Labute approximate surface area is 163 Å². The fourth-order valence-corrected chi connectivity index (χ4v) is 3.55. The number of hydrogen-bond donors (Lipinski definition) is 2. The van der Waals surface area contributed by atoms with Crippen molar-refractivity contribution in [3.8, 4) is 0 Å². The standard InChI is InChI=1S/C19H19F3N4O3/c1-10(11-4-6-12(7-5-11)19(20,21)22)26-17-15(13(9-27)25-26)18(28)24-16(23-17)14-3-2-8-29-14/h4-7,10,14,27H,2-3,8-9H2,1H3,(H,23,24,28). The summed E-state index contributed by atoms with van der Waals surface area (Å²) >= 11 is 0. The zero-order valence-corrected chi connectivity index (χ0v) is 15.5. The number of H-pyrrole nitrogens is 1. The molecule has 10 heteroatoms. The summed E-state index contributed by atoms with van der Waals surface area (Å²) in [6, 6.07) is 4.23. The lowest BCUT2D eigenvalue weighted by Gasteiger charge is -2.15. The molecule has 3 aromatic rings. The Hall–Kier alpha value is -2.72. The largest absolute Gasteiger partial charge is 0.416 e. The zero-order chi connectivity index (χ0) is 20.8. The van der Waals surface area contributed by atoms with E-state index in [1.54, 1.807) is 6.92 Å². The summed E-state index contributed by atoms with van der Waals surface area (Å²) in [6.07, 6.45) is -3.16. The monoisotopic (exact) mass is 408 g/mol. The molecule has 1 saturated heterocycles. The Kier molecular flexibility index (Phi) is 4.91. The molecule has 1 aliphatic heterocycles. The van der Waals surface area contributed by atoms with Gasteiger partial charge in [0.25, 0.3) is 5.56 Å². The molecule has 2 unspecified atom stereocenters. The van der Waals surface area contributed by atoms with Gasteiger partial charge in [0.2, 0.25) is 0 Å². The second-order valence-electron chi connectivity index (χ2n) is 7.00. The molecule has 29 heavy (non-hydrogen) atoms. The number of aliphatic hydroxyl groups excluding tert-OH is 1. The Morgan fingerprint density at radius 3 is 2.66 bits per heavy atom. The lowest BCUT2D eigenvalue weighted by Crippen LogP contribution is -2.17. The normalized spacial score (nSPS) is 18.4. The summed E-state index contributed by atoms with van der Waals surface area (Å²) in [4.78, 5) is 19.8. The minimum absolute atomic E-state index is 0.159. The van der Waals surface area contributed by atoms with E-state index in [0.29, 0.717) is 18.0 Å². The van der Waals surface area contributed by atoms with E-state index in [-0.39, 0.29) is 22.8 Å². The summed E-state index contributed by atoms with van der Waals surface area (Å²) in [5.41, 5.74) is -0.199. The first-order valence-electron chi connectivity index (χ1n) is 9.20. The molecule has 7 nitrogen and oxygen atoms in total. The van der Waals surface area contributed by atoms with Crippen molar-refractivity contribution < 1.29 is 23.0 Å². The van der Waals surface area contributed by atoms with Crippen molar-refractivity contribution >= 4 is 11.0 Å². The number of nitrogens with one attached hydrogen (secondary N) is 1. The average molecular weight is 408 g/mol. The number of benzene rings is 1. The maximum atomic E-state index is 12.8. The smallest absolute Gasteiger partial charge is 0.390 e. The zero-order valence-electron chi connectivity index (χ0n) is 15.5. The van der Waals surface area contributed by atoms with E-state index in [2.05, 4.69) is 15.1 Å². The quantitative estimate of drug-likeness (QED) is 0.692. The summed E-state index contributed by atoms with van der Waals surface area (Å²) in [7, 11) is 0. The molecule has 0 amide bonds. The maximum Gasteiger partial charge on any atom is 0.416 e. The Balaban J connectivity index is 1.80. The lowest BCUT2D eigenvalue weighted by atomic mass is 10.1. The molecule has 1 aliphatic rings. The van der Waals surface area contributed by atoms with Gasteiger partial charge in [0.1, 0.15) is 23.0 Å². The van der Waals surface area contributed by atoms with Gasteiger partial charge in [0, 0.05) is 6.61 Å². The number of halogens is 3. The molecule has 0 bridgehead atoms. The van der Waals surface area contributed by atoms with Crippen LogP contribution in [0.4, 0.5) is 13.2 Å². The topological polar surface area (TPSA) is 93.0 Å². The van der Waals surface area contributed by atoms with E-state index < -0.39 is 29.9 Å². The summed E-state index contributed by atoms with van der Waals surface area (Å²) in [5.74, 6) is 0.380. The predicted octanol–water partition coefficient (Wildman–Crippen LogP) is 3.09. The van der Waals surface area contributed by atoms with E-state index in [0.717, 1.165) is 25.0 Å². The highest BCUT2D eigenvalue weighted by Gasteiger charge is 2.30. The van der Waals surface area contributed by atoms with Crippen LogP contribution in [-0.2, 0) is 17.5 Å².